The first kappa shape index (κ1) is 11.2. The Labute approximate surface area is 110 Å². The van der Waals surface area contributed by atoms with Crippen LogP contribution < -0.4 is 0 Å². The summed E-state index contributed by atoms with van der Waals surface area (Å²) in [4.78, 5) is 8.45. The number of aryl methyl sites for hydroxylation is 1. The van der Waals surface area contributed by atoms with Crippen LogP contribution in [0.1, 0.15) is 23.2 Å². The Morgan fingerprint density at radius 3 is 2.94 bits per heavy atom. The van der Waals surface area contributed by atoms with Crippen molar-refractivity contribution in [3.8, 4) is 17.2 Å². The van der Waals surface area contributed by atoms with Crippen molar-refractivity contribution in [2.24, 2.45) is 0 Å². The predicted octanol–water partition coefficient (Wildman–Crippen LogP) is 3.16. The second-order valence-electron chi connectivity index (χ2n) is 4.28. The zero-order valence-electron chi connectivity index (χ0n) is 9.65. The molecule has 0 unspecified atom stereocenters. The fourth-order valence-corrected chi connectivity index (χ4v) is 2.72. The number of rotatable bonds is 1. The van der Waals surface area contributed by atoms with E-state index in [4.69, 9.17) is 11.6 Å². The van der Waals surface area contributed by atoms with Crippen LogP contribution in [-0.2, 0) is 12.8 Å². The maximum absolute atomic E-state index is 9.30. The molecule has 2 aromatic heterocycles. The second kappa shape index (κ2) is 4.40. The van der Waals surface area contributed by atoms with Gasteiger partial charge in [0.25, 0.3) is 0 Å². The predicted molar refractivity (Wildman–Crippen MR) is 69.2 cm³/mol. The van der Waals surface area contributed by atoms with E-state index in [9.17, 15) is 5.26 Å². The van der Waals surface area contributed by atoms with Crippen LogP contribution in [0.4, 0.5) is 0 Å². The molecule has 0 saturated heterocycles. The molecule has 0 saturated carbocycles. The summed E-state index contributed by atoms with van der Waals surface area (Å²) in [7, 11) is 0. The minimum Gasteiger partial charge on any atom is -0.264 e. The van der Waals surface area contributed by atoms with Crippen LogP contribution in [0.15, 0.2) is 24.5 Å². The largest absolute Gasteiger partial charge is 0.264 e. The van der Waals surface area contributed by atoms with Crippen molar-refractivity contribution >= 4 is 11.6 Å². The van der Waals surface area contributed by atoms with Gasteiger partial charge in [-0.3, -0.25) is 4.98 Å². The summed E-state index contributed by atoms with van der Waals surface area (Å²) in [5.74, 6) is 0. The van der Waals surface area contributed by atoms with Gasteiger partial charge in [-0.15, -0.1) is 0 Å². The number of nitrogens with zero attached hydrogens (tertiary/aromatic N) is 3. The Morgan fingerprint density at radius 1 is 1.33 bits per heavy atom. The van der Waals surface area contributed by atoms with Crippen LogP contribution in [0.2, 0.25) is 5.15 Å². The third kappa shape index (κ3) is 1.66. The maximum Gasteiger partial charge on any atom is 0.147 e. The minimum absolute atomic E-state index is 0.303. The molecule has 0 N–H and O–H groups in total. The summed E-state index contributed by atoms with van der Waals surface area (Å²) >= 11 is 6.11. The van der Waals surface area contributed by atoms with Crippen molar-refractivity contribution in [2.45, 2.75) is 19.3 Å². The van der Waals surface area contributed by atoms with Crippen LogP contribution in [-0.4, -0.2) is 9.97 Å². The minimum atomic E-state index is 0.303. The average molecular weight is 256 g/mol. The normalized spacial score (nSPS) is 13.1. The lowest BCUT2D eigenvalue weighted by molar-refractivity contribution is 0.899. The summed E-state index contributed by atoms with van der Waals surface area (Å²) in [6, 6.07) is 5.99. The quantitative estimate of drug-likeness (QED) is 0.736. The van der Waals surface area contributed by atoms with Crippen molar-refractivity contribution in [3.05, 3.63) is 46.5 Å². The van der Waals surface area contributed by atoms with E-state index in [0.29, 0.717) is 10.7 Å². The first-order valence-corrected chi connectivity index (χ1v) is 6.21. The van der Waals surface area contributed by atoms with Gasteiger partial charge in [-0.25, -0.2) is 4.98 Å². The molecule has 0 amide bonds. The fraction of sp³-hybridized carbons (Fsp3) is 0.214. The highest BCUT2D eigenvalue weighted by atomic mass is 35.5. The van der Waals surface area contributed by atoms with Gasteiger partial charge in [0.1, 0.15) is 11.2 Å². The van der Waals surface area contributed by atoms with Gasteiger partial charge in [-0.1, -0.05) is 17.7 Å². The molecule has 88 valence electrons. The zero-order valence-corrected chi connectivity index (χ0v) is 10.4. The molecule has 0 aromatic carbocycles. The third-order valence-corrected chi connectivity index (χ3v) is 3.52. The number of halogens is 1. The van der Waals surface area contributed by atoms with Crippen molar-refractivity contribution in [2.75, 3.05) is 0 Å². The molecule has 0 atom stereocenters. The number of pyridine rings is 2. The van der Waals surface area contributed by atoms with Crippen LogP contribution in [0.5, 0.6) is 0 Å². The van der Waals surface area contributed by atoms with E-state index >= 15 is 0 Å². The van der Waals surface area contributed by atoms with E-state index in [1.54, 1.807) is 12.4 Å². The number of aromatic nitrogens is 2. The van der Waals surface area contributed by atoms with Gasteiger partial charge >= 0.3 is 0 Å². The number of fused-ring (bicyclic) bond motifs is 1. The molecule has 18 heavy (non-hydrogen) atoms. The Hall–Kier alpha value is -1.92. The third-order valence-electron chi connectivity index (χ3n) is 3.24. The van der Waals surface area contributed by atoms with Gasteiger partial charge < -0.3 is 0 Å². The van der Waals surface area contributed by atoms with Gasteiger partial charge in [-0.05, 0) is 30.9 Å². The topological polar surface area (TPSA) is 49.6 Å². The second-order valence-corrected chi connectivity index (χ2v) is 4.64. The summed E-state index contributed by atoms with van der Waals surface area (Å²) in [6.45, 7) is 0. The van der Waals surface area contributed by atoms with Crippen molar-refractivity contribution in [3.63, 3.8) is 0 Å². The van der Waals surface area contributed by atoms with E-state index in [1.807, 2.05) is 12.1 Å². The van der Waals surface area contributed by atoms with Crippen LogP contribution in [0, 0.1) is 11.3 Å². The van der Waals surface area contributed by atoms with Crippen LogP contribution >= 0.6 is 11.6 Å². The number of hydrogen-bond acceptors (Lipinski definition) is 3. The molecule has 2 heterocycles. The highest BCUT2D eigenvalue weighted by molar-refractivity contribution is 6.31. The zero-order chi connectivity index (χ0) is 12.5. The highest BCUT2D eigenvalue weighted by Crippen LogP contribution is 2.36. The molecule has 1 aliphatic carbocycles. The first-order chi connectivity index (χ1) is 8.81. The molecule has 1 aliphatic rings. The number of hydrogen-bond donors (Lipinski definition) is 0. The van der Waals surface area contributed by atoms with E-state index in [0.717, 1.165) is 41.6 Å². The monoisotopic (exact) mass is 255 g/mol. The summed E-state index contributed by atoms with van der Waals surface area (Å²) in [5, 5.41) is 9.60. The van der Waals surface area contributed by atoms with E-state index in [2.05, 4.69) is 16.0 Å². The molecule has 0 aliphatic heterocycles. The average Bonchev–Trinajstić information content (AvgIpc) is 2.85. The highest BCUT2D eigenvalue weighted by Gasteiger charge is 2.23. The summed E-state index contributed by atoms with van der Waals surface area (Å²) in [6.07, 6.45) is 6.46. The van der Waals surface area contributed by atoms with Crippen LogP contribution in [0.3, 0.4) is 0 Å². The Bertz CT molecular complexity index is 644. The lowest BCUT2D eigenvalue weighted by Crippen LogP contribution is -1.98. The molecule has 0 fully saturated rings. The van der Waals surface area contributed by atoms with E-state index in [1.165, 1.54) is 0 Å². The van der Waals surface area contributed by atoms with Crippen molar-refractivity contribution in [1.82, 2.24) is 9.97 Å². The summed E-state index contributed by atoms with van der Waals surface area (Å²) < 4.78 is 0. The molecule has 0 radical (unpaired) electrons. The van der Waals surface area contributed by atoms with Crippen molar-refractivity contribution in [1.29, 1.82) is 5.26 Å². The smallest absolute Gasteiger partial charge is 0.147 e. The molecule has 0 spiro atoms. The maximum atomic E-state index is 9.30. The van der Waals surface area contributed by atoms with Gasteiger partial charge in [0.05, 0.1) is 5.56 Å². The first-order valence-electron chi connectivity index (χ1n) is 5.83. The number of nitriles is 1. The van der Waals surface area contributed by atoms with Gasteiger partial charge in [0, 0.05) is 29.2 Å². The van der Waals surface area contributed by atoms with Gasteiger partial charge in [0.2, 0.25) is 0 Å². The van der Waals surface area contributed by atoms with Gasteiger partial charge in [-0.2, -0.15) is 5.26 Å². The lowest BCUT2D eigenvalue weighted by atomic mass is 9.97. The lowest BCUT2D eigenvalue weighted by Gasteiger charge is -2.11. The van der Waals surface area contributed by atoms with E-state index < -0.39 is 0 Å². The summed E-state index contributed by atoms with van der Waals surface area (Å²) in [5.41, 5.74) is 4.50. The molecule has 3 nitrogen and oxygen atoms in total. The molecular formula is C14H10ClN3. The van der Waals surface area contributed by atoms with E-state index in [-0.39, 0.29) is 0 Å². The SMILES string of the molecule is N#Cc1c(Cl)nc2c(c1-c1cccnc1)CCC2. The standard InChI is InChI=1S/C14H10ClN3/c15-14-11(7-16)13(9-3-2-6-17-8-9)10-4-1-5-12(10)18-14/h2-3,6,8H,1,4-5H2. The molecule has 0 bridgehead atoms. The molecular weight excluding hydrogens is 246 g/mol. The van der Waals surface area contributed by atoms with Crippen LogP contribution in [0.25, 0.3) is 11.1 Å². The fourth-order valence-electron chi connectivity index (χ4n) is 2.48. The Balaban J connectivity index is 2.34. The Morgan fingerprint density at radius 2 is 2.22 bits per heavy atom. The molecule has 2 aromatic rings. The molecule has 4 heteroatoms. The van der Waals surface area contributed by atoms with Crippen molar-refractivity contribution < 1.29 is 0 Å². The Kier molecular flexibility index (Phi) is 2.73. The molecule has 3 rings (SSSR count). The van der Waals surface area contributed by atoms with Gasteiger partial charge in [0.15, 0.2) is 0 Å².